The van der Waals surface area contributed by atoms with E-state index in [1.54, 1.807) is 72.8 Å². The van der Waals surface area contributed by atoms with E-state index < -0.39 is 0 Å². The number of hydrogen-bond acceptors (Lipinski definition) is 4. The molecule has 0 aromatic heterocycles. The van der Waals surface area contributed by atoms with E-state index in [1.807, 2.05) is 74.2 Å². The van der Waals surface area contributed by atoms with Gasteiger partial charge in [0.25, 0.3) is 0 Å². The number of rotatable bonds is 9. The summed E-state index contributed by atoms with van der Waals surface area (Å²) in [7, 11) is 7.58. The molecule has 0 fully saturated rings. The highest BCUT2D eigenvalue weighted by atomic mass is 15.3. The molecule has 2 aromatic carbocycles. The van der Waals surface area contributed by atoms with E-state index >= 15 is 0 Å². The van der Waals surface area contributed by atoms with Crippen molar-refractivity contribution in [3.05, 3.63) is 176 Å². The summed E-state index contributed by atoms with van der Waals surface area (Å²) in [5.74, 6) is 2.42. The number of nitriles is 3. The van der Waals surface area contributed by atoms with Gasteiger partial charge in [0, 0.05) is 33.8 Å². The fourth-order valence-electron chi connectivity index (χ4n) is 5.08. The summed E-state index contributed by atoms with van der Waals surface area (Å²) >= 11 is 0. The summed E-state index contributed by atoms with van der Waals surface area (Å²) in [6, 6.07) is 24.0. The molecule has 0 unspecified atom stereocenters. The Kier molecular flexibility index (Phi) is 13.4. The maximum Gasteiger partial charge on any atom is 0.528 e. The number of guanidine groups is 1. The zero-order valence-electron chi connectivity index (χ0n) is 27.7. The molecule has 0 atom stereocenters. The van der Waals surface area contributed by atoms with E-state index in [2.05, 4.69) is 21.8 Å². The van der Waals surface area contributed by atoms with Crippen molar-refractivity contribution in [3.8, 4) is 18.2 Å². The van der Waals surface area contributed by atoms with Crippen molar-refractivity contribution in [1.29, 1.82) is 15.8 Å². The van der Waals surface area contributed by atoms with Crippen LogP contribution in [0.15, 0.2) is 141 Å². The molecular weight excluding hydrogens is 607 g/mol. The van der Waals surface area contributed by atoms with E-state index in [4.69, 9.17) is 18.1 Å². The molecule has 9 heteroatoms. The highest BCUT2D eigenvalue weighted by Gasteiger charge is 2.22. The van der Waals surface area contributed by atoms with E-state index in [1.165, 1.54) is 0 Å². The Morgan fingerprint density at radius 2 is 1.41 bits per heavy atom. The third-order valence-corrected chi connectivity index (χ3v) is 7.22. The van der Waals surface area contributed by atoms with Gasteiger partial charge < -0.3 is 15.2 Å². The van der Waals surface area contributed by atoms with Crippen LogP contribution in [0.5, 0.6) is 0 Å². The molecule has 0 amide bonds. The molecule has 0 radical (unpaired) electrons. The van der Waals surface area contributed by atoms with E-state index in [-0.39, 0.29) is 33.7 Å². The van der Waals surface area contributed by atoms with Gasteiger partial charge in [-0.1, -0.05) is 85.0 Å². The van der Waals surface area contributed by atoms with Crippen LogP contribution >= 0.6 is 0 Å². The number of hydrogen-bond donors (Lipinski definition) is 0. The van der Waals surface area contributed by atoms with E-state index in [9.17, 15) is 21.2 Å². The minimum Gasteiger partial charge on any atom is -0.762 e. The highest BCUT2D eigenvalue weighted by Crippen LogP contribution is 2.35. The molecule has 238 valence electrons. The monoisotopic (exact) mass is 638 g/mol. The summed E-state index contributed by atoms with van der Waals surface area (Å²) in [5, 5.41) is 39.3. The fraction of sp³-hybridized carbons (Fsp3) is 0.150. The van der Waals surface area contributed by atoms with Crippen LogP contribution in [0.2, 0.25) is 0 Å². The van der Waals surface area contributed by atoms with E-state index in [0.29, 0.717) is 29.9 Å². The summed E-state index contributed by atoms with van der Waals surface area (Å²) < 4.78 is 0. The zero-order chi connectivity index (χ0) is 35.8. The van der Waals surface area contributed by atoms with Gasteiger partial charge >= 0.3 is 5.82 Å². The van der Waals surface area contributed by atoms with Crippen molar-refractivity contribution >= 4 is 23.0 Å². The van der Waals surface area contributed by atoms with Gasteiger partial charge in [0.1, 0.15) is 19.2 Å². The summed E-state index contributed by atoms with van der Waals surface area (Å²) in [6.07, 6.45) is 11.7. The topological polar surface area (TPSA) is 121 Å². The molecule has 0 saturated carbocycles. The second-order valence-corrected chi connectivity index (χ2v) is 10.8. The fourth-order valence-corrected chi connectivity index (χ4v) is 5.08. The maximum atomic E-state index is 10.0. The molecule has 9 nitrogen and oxygen atoms in total. The molecule has 0 N–H and O–H groups in total. The first-order chi connectivity index (χ1) is 23.7. The zero-order valence-corrected chi connectivity index (χ0v) is 27.7. The third kappa shape index (κ3) is 9.17. The van der Waals surface area contributed by atoms with Gasteiger partial charge in [0.2, 0.25) is 5.96 Å². The molecule has 0 spiro atoms. The average Bonchev–Trinajstić information content (AvgIpc) is 3.50. The maximum absolute atomic E-state index is 10.0. The van der Waals surface area contributed by atoms with Gasteiger partial charge in [-0.25, -0.2) is 10.9 Å². The summed E-state index contributed by atoms with van der Waals surface area (Å²) in [4.78, 5) is 15.5. The Morgan fingerprint density at radius 3 is 1.90 bits per heavy atom. The second kappa shape index (κ2) is 18.1. The summed E-state index contributed by atoms with van der Waals surface area (Å²) in [5.41, 5.74) is 4.45. The quantitative estimate of drug-likeness (QED) is 0.0910. The SMILES string of the molecule is [C-]#[N+]C([N+]#[C-])=C(/C(C#N)=C/C=C/C1=C(N=C(N(C)C)N(C)C)C(=C/C=C/C(C#N)=C(/C(=C=[N-])C#N)c2ccccc2)/CC1)c1ccccc1. The Labute approximate surface area is 288 Å². The standard InChI is InChI=1S/C40H32N9/c1-45-39(46-2)37(30-17-11-8-12-18-30)34(26-42)22-14-20-32-24-23-31(38(32)47-40(48(3)4)49(5)6)19-13-21-33(25-41)36(35(27-43)28-44)29-15-9-7-10-16-29/h7-22H,23-24H2,3-6H3/q-1/b20-14+,21-13+,31-19+,34-22+,36-33-. The van der Waals surface area contributed by atoms with Gasteiger partial charge in [0.15, 0.2) is 0 Å². The molecule has 1 aliphatic carbocycles. The van der Waals surface area contributed by atoms with Crippen molar-refractivity contribution in [2.45, 2.75) is 12.8 Å². The number of aliphatic imine (C=N–C) groups is 1. The number of nitrogens with zero attached hydrogens (tertiary/aromatic N) is 9. The lowest BCUT2D eigenvalue weighted by atomic mass is 9.94. The molecule has 0 bridgehead atoms. The molecule has 0 saturated heterocycles. The normalized spacial score (nSPS) is 13.7. The molecule has 2 aromatic rings. The van der Waals surface area contributed by atoms with E-state index in [0.717, 1.165) is 16.8 Å². The minimum atomic E-state index is -0.188. The lowest BCUT2D eigenvalue weighted by molar-refractivity contribution is 0.483. The largest absolute Gasteiger partial charge is 0.762 e. The van der Waals surface area contributed by atoms with Gasteiger partial charge in [-0.3, -0.25) is 0 Å². The molecule has 3 rings (SSSR count). The van der Waals surface area contributed by atoms with Crippen LogP contribution in [0.4, 0.5) is 0 Å². The second-order valence-electron chi connectivity index (χ2n) is 10.8. The lowest BCUT2D eigenvalue weighted by Crippen LogP contribution is -2.35. The van der Waals surface area contributed by atoms with Crippen molar-refractivity contribution in [1.82, 2.24) is 9.80 Å². The number of allylic oxidation sites excluding steroid dienone is 13. The Hall–Kier alpha value is -7.21. The van der Waals surface area contributed by atoms with Crippen LogP contribution in [-0.4, -0.2) is 49.8 Å². The van der Waals surface area contributed by atoms with Gasteiger partial charge in [-0.05, 0) is 47.3 Å². The first-order valence-electron chi connectivity index (χ1n) is 15.0. The van der Waals surface area contributed by atoms with Crippen molar-refractivity contribution in [2.75, 3.05) is 28.2 Å². The van der Waals surface area contributed by atoms with Gasteiger partial charge in [0.05, 0.1) is 40.1 Å². The first-order valence-corrected chi connectivity index (χ1v) is 15.0. The van der Waals surface area contributed by atoms with Crippen LogP contribution in [0.1, 0.15) is 24.0 Å². The van der Waals surface area contributed by atoms with Crippen LogP contribution in [-0.2, 0) is 0 Å². The lowest BCUT2D eigenvalue weighted by Gasteiger charge is -2.23. The van der Waals surface area contributed by atoms with Gasteiger partial charge in [-0.15, -0.1) is 0 Å². The molecule has 1 aliphatic rings. The predicted molar refractivity (Wildman–Crippen MR) is 194 cm³/mol. The highest BCUT2D eigenvalue weighted by molar-refractivity contribution is 5.97. The first kappa shape index (κ1) is 36.3. The van der Waals surface area contributed by atoms with Crippen LogP contribution in [0, 0.1) is 47.1 Å². The van der Waals surface area contributed by atoms with Crippen LogP contribution in [0.25, 0.3) is 26.2 Å². The van der Waals surface area contributed by atoms with Crippen LogP contribution in [0.3, 0.4) is 0 Å². The Balaban J connectivity index is 2.18. The van der Waals surface area contributed by atoms with Crippen LogP contribution < -0.4 is 0 Å². The van der Waals surface area contributed by atoms with Crippen molar-refractivity contribution < 1.29 is 0 Å². The Bertz CT molecular complexity index is 2070. The van der Waals surface area contributed by atoms with Crippen molar-refractivity contribution in [3.63, 3.8) is 0 Å². The third-order valence-electron chi connectivity index (χ3n) is 7.22. The molecule has 0 aliphatic heterocycles. The molecule has 0 heterocycles. The van der Waals surface area contributed by atoms with Gasteiger partial charge in [-0.2, -0.15) is 25.5 Å². The molecular formula is C40H32N9-. The van der Waals surface area contributed by atoms with Crippen molar-refractivity contribution in [2.24, 2.45) is 4.99 Å². The number of benzene rings is 2. The predicted octanol–water partition coefficient (Wildman–Crippen LogP) is 7.88. The smallest absolute Gasteiger partial charge is 0.528 e. The minimum absolute atomic E-state index is 0.157. The molecule has 49 heavy (non-hydrogen) atoms. The summed E-state index contributed by atoms with van der Waals surface area (Å²) in [6.45, 7) is 15.0. The Morgan fingerprint density at radius 1 is 0.816 bits per heavy atom. The average molecular weight is 639 g/mol.